The molecule has 1 N–H and O–H groups in total. The normalized spacial score (nSPS) is 13.8. The molecule has 0 fully saturated rings. The van der Waals surface area contributed by atoms with Crippen LogP contribution in [0.4, 0.5) is 0 Å². The highest BCUT2D eigenvalue weighted by molar-refractivity contribution is 4.59. The lowest BCUT2D eigenvalue weighted by molar-refractivity contribution is 0.187. The van der Waals surface area contributed by atoms with Gasteiger partial charge in [0.1, 0.15) is 0 Å². The molecule has 0 heterocycles. The highest BCUT2D eigenvalue weighted by Crippen LogP contribution is 2.03. The van der Waals surface area contributed by atoms with Crippen molar-refractivity contribution in [3.05, 3.63) is 0 Å². The van der Waals surface area contributed by atoms with Crippen molar-refractivity contribution in [1.82, 2.24) is 5.32 Å². The standard InChI is InChI=1S/C10H23NO/c1-9(2)11-8-10(3)6-5-7-12-4/h9-11H,5-8H2,1-4H3. The Morgan fingerprint density at radius 1 is 1.25 bits per heavy atom. The van der Waals surface area contributed by atoms with E-state index in [0.29, 0.717) is 6.04 Å². The maximum absolute atomic E-state index is 5.00. The Bertz CT molecular complexity index is 93.8. The third kappa shape index (κ3) is 8.02. The first kappa shape index (κ1) is 11.9. The van der Waals surface area contributed by atoms with E-state index in [1.54, 1.807) is 7.11 Å². The lowest BCUT2D eigenvalue weighted by atomic mass is 10.1. The lowest BCUT2D eigenvalue weighted by Gasteiger charge is -2.14. The van der Waals surface area contributed by atoms with E-state index in [0.717, 1.165) is 19.1 Å². The summed E-state index contributed by atoms with van der Waals surface area (Å²) in [6, 6.07) is 0.606. The van der Waals surface area contributed by atoms with Crippen LogP contribution in [0.25, 0.3) is 0 Å². The monoisotopic (exact) mass is 173 g/mol. The van der Waals surface area contributed by atoms with Gasteiger partial charge in [-0.2, -0.15) is 0 Å². The van der Waals surface area contributed by atoms with Crippen molar-refractivity contribution >= 4 is 0 Å². The molecular weight excluding hydrogens is 150 g/mol. The third-order valence-electron chi connectivity index (χ3n) is 1.92. The van der Waals surface area contributed by atoms with E-state index in [4.69, 9.17) is 4.74 Å². The Hall–Kier alpha value is -0.0800. The first-order valence-electron chi connectivity index (χ1n) is 4.89. The summed E-state index contributed by atoms with van der Waals surface area (Å²) in [5.41, 5.74) is 0. The van der Waals surface area contributed by atoms with Crippen LogP contribution in [0.2, 0.25) is 0 Å². The van der Waals surface area contributed by atoms with Gasteiger partial charge in [0.25, 0.3) is 0 Å². The van der Waals surface area contributed by atoms with Gasteiger partial charge in [-0.3, -0.25) is 0 Å². The van der Waals surface area contributed by atoms with Crippen molar-refractivity contribution < 1.29 is 4.74 Å². The number of ether oxygens (including phenoxy) is 1. The zero-order chi connectivity index (χ0) is 9.40. The fourth-order valence-electron chi connectivity index (χ4n) is 1.12. The summed E-state index contributed by atoms with van der Waals surface area (Å²) in [5, 5.41) is 3.43. The SMILES string of the molecule is COCCCC(C)CNC(C)C. The Labute approximate surface area is 76.7 Å². The van der Waals surface area contributed by atoms with Crippen LogP contribution < -0.4 is 5.32 Å². The van der Waals surface area contributed by atoms with Crippen molar-refractivity contribution in [3.8, 4) is 0 Å². The molecule has 0 bridgehead atoms. The second kappa shape index (κ2) is 7.56. The largest absolute Gasteiger partial charge is 0.385 e. The predicted molar refractivity (Wildman–Crippen MR) is 53.4 cm³/mol. The van der Waals surface area contributed by atoms with Gasteiger partial charge in [-0.05, 0) is 25.3 Å². The van der Waals surface area contributed by atoms with Crippen molar-refractivity contribution in [3.63, 3.8) is 0 Å². The summed E-state index contributed by atoms with van der Waals surface area (Å²) in [4.78, 5) is 0. The van der Waals surface area contributed by atoms with Crippen molar-refractivity contribution in [2.75, 3.05) is 20.3 Å². The van der Waals surface area contributed by atoms with E-state index in [9.17, 15) is 0 Å². The van der Waals surface area contributed by atoms with Crippen LogP contribution in [0.3, 0.4) is 0 Å². The minimum atomic E-state index is 0.606. The van der Waals surface area contributed by atoms with Gasteiger partial charge in [0.2, 0.25) is 0 Å². The van der Waals surface area contributed by atoms with Crippen LogP contribution in [-0.4, -0.2) is 26.3 Å². The second-order valence-corrected chi connectivity index (χ2v) is 3.80. The van der Waals surface area contributed by atoms with Crippen molar-refractivity contribution in [2.24, 2.45) is 5.92 Å². The Kier molecular flexibility index (Phi) is 7.51. The third-order valence-corrected chi connectivity index (χ3v) is 1.92. The molecule has 2 heteroatoms. The number of methoxy groups -OCH3 is 1. The molecular formula is C10H23NO. The maximum Gasteiger partial charge on any atom is 0.0462 e. The molecule has 0 radical (unpaired) electrons. The van der Waals surface area contributed by atoms with Crippen LogP contribution in [0.15, 0.2) is 0 Å². The molecule has 1 unspecified atom stereocenters. The van der Waals surface area contributed by atoms with Gasteiger partial charge in [0.15, 0.2) is 0 Å². The van der Waals surface area contributed by atoms with Crippen molar-refractivity contribution in [2.45, 2.75) is 39.7 Å². The topological polar surface area (TPSA) is 21.3 Å². The van der Waals surface area contributed by atoms with Gasteiger partial charge >= 0.3 is 0 Å². The molecule has 0 rings (SSSR count). The highest BCUT2D eigenvalue weighted by Gasteiger charge is 2.01. The average Bonchev–Trinajstić information content (AvgIpc) is 2.01. The van der Waals surface area contributed by atoms with Gasteiger partial charge < -0.3 is 10.1 Å². The molecule has 0 aromatic carbocycles. The molecule has 0 saturated carbocycles. The molecule has 1 atom stereocenters. The predicted octanol–water partition coefficient (Wildman–Crippen LogP) is 2.05. The molecule has 0 aliphatic carbocycles. The first-order chi connectivity index (χ1) is 5.66. The smallest absolute Gasteiger partial charge is 0.0462 e. The van der Waals surface area contributed by atoms with E-state index in [-0.39, 0.29) is 0 Å². The van der Waals surface area contributed by atoms with Gasteiger partial charge in [-0.25, -0.2) is 0 Å². The van der Waals surface area contributed by atoms with Gasteiger partial charge in [-0.15, -0.1) is 0 Å². The number of rotatable bonds is 7. The average molecular weight is 173 g/mol. The van der Waals surface area contributed by atoms with Gasteiger partial charge in [-0.1, -0.05) is 20.8 Å². The number of nitrogens with one attached hydrogen (secondary N) is 1. The first-order valence-corrected chi connectivity index (χ1v) is 4.89. The fraction of sp³-hybridized carbons (Fsp3) is 1.00. The zero-order valence-corrected chi connectivity index (χ0v) is 8.89. The zero-order valence-electron chi connectivity index (χ0n) is 8.89. The fourth-order valence-corrected chi connectivity index (χ4v) is 1.12. The lowest BCUT2D eigenvalue weighted by Crippen LogP contribution is -2.27. The summed E-state index contributed by atoms with van der Waals surface area (Å²) in [6.07, 6.45) is 2.44. The summed E-state index contributed by atoms with van der Waals surface area (Å²) < 4.78 is 5.00. The Morgan fingerprint density at radius 3 is 2.42 bits per heavy atom. The van der Waals surface area contributed by atoms with Gasteiger partial charge in [0.05, 0.1) is 0 Å². The highest BCUT2D eigenvalue weighted by atomic mass is 16.5. The van der Waals surface area contributed by atoms with Crippen LogP contribution in [0, 0.1) is 5.92 Å². The van der Waals surface area contributed by atoms with E-state index >= 15 is 0 Å². The molecule has 2 nitrogen and oxygen atoms in total. The van der Waals surface area contributed by atoms with Crippen LogP contribution >= 0.6 is 0 Å². The molecule has 74 valence electrons. The Morgan fingerprint density at radius 2 is 1.92 bits per heavy atom. The second-order valence-electron chi connectivity index (χ2n) is 3.80. The molecule has 12 heavy (non-hydrogen) atoms. The molecule has 0 spiro atoms. The molecule has 0 aromatic heterocycles. The minimum Gasteiger partial charge on any atom is -0.385 e. The van der Waals surface area contributed by atoms with Crippen LogP contribution in [0.5, 0.6) is 0 Å². The van der Waals surface area contributed by atoms with E-state index in [2.05, 4.69) is 26.1 Å². The summed E-state index contributed by atoms with van der Waals surface area (Å²) in [6.45, 7) is 8.67. The Balaban J connectivity index is 3.15. The van der Waals surface area contributed by atoms with Crippen LogP contribution in [-0.2, 0) is 4.74 Å². The maximum atomic E-state index is 5.00. The quantitative estimate of drug-likeness (QED) is 0.595. The molecule has 0 aliphatic rings. The number of hydrogen-bond donors (Lipinski definition) is 1. The summed E-state index contributed by atoms with van der Waals surface area (Å²) in [5.74, 6) is 0.766. The van der Waals surface area contributed by atoms with Crippen molar-refractivity contribution in [1.29, 1.82) is 0 Å². The van der Waals surface area contributed by atoms with E-state index in [1.165, 1.54) is 12.8 Å². The molecule has 0 aliphatic heterocycles. The molecule has 0 amide bonds. The minimum absolute atomic E-state index is 0.606. The van der Waals surface area contributed by atoms with Gasteiger partial charge in [0, 0.05) is 19.8 Å². The molecule has 0 aromatic rings. The summed E-state index contributed by atoms with van der Waals surface area (Å²) in [7, 11) is 1.76. The van der Waals surface area contributed by atoms with Crippen LogP contribution in [0.1, 0.15) is 33.6 Å². The van der Waals surface area contributed by atoms with E-state index < -0.39 is 0 Å². The summed E-state index contributed by atoms with van der Waals surface area (Å²) >= 11 is 0. The molecule has 0 saturated heterocycles. The number of hydrogen-bond acceptors (Lipinski definition) is 2. The van der Waals surface area contributed by atoms with E-state index in [1.807, 2.05) is 0 Å².